The summed E-state index contributed by atoms with van der Waals surface area (Å²) in [7, 11) is 0. The van der Waals surface area contributed by atoms with Crippen molar-refractivity contribution in [2.24, 2.45) is 0 Å². The summed E-state index contributed by atoms with van der Waals surface area (Å²) in [6, 6.07) is 16.0. The predicted molar refractivity (Wildman–Crippen MR) is 107 cm³/mol. The highest BCUT2D eigenvalue weighted by molar-refractivity contribution is 5.94. The second kappa shape index (κ2) is 8.08. The lowest BCUT2D eigenvalue weighted by Gasteiger charge is -2.28. The van der Waals surface area contributed by atoms with Gasteiger partial charge in [-0.25, -0.2) is 4.98 Å². The fraction of sp³-hybridized carbons (Fsp3) is 0.273. The highest BCUT2D eigenvalue weighted by Crippen LogP contribution is 2.20. The second-order valence-corrected chi connectivity index (χ2v) is 6.88. The number of piperidine rings is 1. The topological polar surface area (TPSA) is 50.2 Å². The van der Waals surface area contributed by atoms with E-state index in [1.54, 1.807) is 12.5 Å². The summed E-state index contributed by atoms with van der Waals surface area (Å²) in [4.78, 5) is 19.1. The molecule has 1 aliphatic heterocycles. The SMILES string of the molecule is O=C(NCc1ccccc1-n1ccnc1)c1ccc(N2CCCCC2)cc1. The molecule has 2 aromatic carbocycles. The van der Waals surface area contributed by atoms with Crippen molar-refractivity contribution in [2.45, 2.75) is 25.8 Å². The number of carbonyl (C=O) groups excluding carboxylic acids is 1. The minimum atomic E-state index is -0.0550. The quantitative estimate of drug-likeness (QED) is 0.753. The summed E-state index contributed by atoms with van der Waals surface area (Å²) in [5, 5.41) is 3.03. The van der Waals surface area contributed by atoms with Gasteiger partial charge in [-0.2, -0.15) is 0 Å². The fourth-order valence-electron chi connectivity index (χ4n) is 3.57. The highest BCUT2D eigenvalue weighted by atomic mass is 16.1. The summed E-state index contributed by atoms with van der Waals surface area (Å²) in [6.07, 6.45) is 9.23. The van der Waals surface area contributed by atoms with E-state index in [1.807, 2.05) is 47.2 Å². The van der Waals surface area contributed by atoms with Crippen LogP contribution in [-0.4, -0.2) is 28.5 Å². The normalized spacial score (nSPS) is 14.1. The van der Waals surface area contributed by atoms with Crippen LogP contribution in [0.5, 0.6) is 0 Å². The molecule has 1 saturated heterocycles. The Morgan fingerprint density at radius 2 is 1.78 bits per heavy atom. The number of aromatic nitrogens is 2. The van der Waals surface area contributed by atoms with Gasteiger partial charge < -0.3 is 14.8 Å². The maximum absolute atomic E-state index is 12.6. The molecule has 1 aliphatic rings. The summed E-state index contributed by atoms with van der Waals surface area (Å²) in [5.41, 5.74) is 3.97. The van der Waals surface area contributed by atoms with E-state index >= 15 is 0 Å². The van der Waals surface area contributed by atoms with E-state index in [9.17, 15) is 4.79 Å². The number of carbonyl (C=O) groups is 1. The highest BCUT2D eigenvalue weighted by Gasteiger charge is 2.12. The molecule has 1 aromatic heterocycles. The van der Waals surface area contributed by atoms with E-state index in [0.717, 1.165) is 24.3 Å². The zero-order valence-electron chi connectivity index (χ0n) is 15.3. The third kappa shape index (κ3) is 4.03. The fourth-order valence-corrected chi connectivity index (χ4v) is 3.57. The van der Waals surface area contributed by atoms with E-state index < -0.39 is 0 Å². The van der Waals surface area contributed by atoms with Gasteiger partial charge in [-0.05, 0) is 55.2 Å². The van der Waals surface area contributed by atoms with Crippen LogP contribution in [0.1, 0.15) is 35.2 Å². The number of nitrogens with zero attached hydrogens (tertiary/aromatic N) is 3. The molecule has 0 radical (unpaired) electrons. The molecule has 3 aromatic rings. The van der Waals surface area contributed by atoms with E-state index in [1.165, 1.54) is 24.9 Å². The lowest BCUT2D eigenvalue weighted by molar-refractivity contribution is 0.0951. The Morgan fingerprint density at radius 1 is 1.00 bits per heavy atom. The van der Waals surface area contributed by atoms with Gasteiger partial charge >= 0.3 is 0 Å². The number of rotatable bonds is 5. The maximum atomic E-state index is 12.6. The molecule has 0 saturated carbocycles. The third-order valence-corrected chi connectivity index (χ3v) is 5.06. The largest absolute Gasteiger partial charge is 0.372 e. The van der Waals surface area contributed by atoms with Crippen LogP contribution in [0.2, 0.25) is 0 Å². The van der Waals surface area contributed by atoms with Crippen LogP contribution in [0, 0.1) is 0 Å². The molecule has 5 heteroatoms. The zero-order valence-corrected chi connectivity index (χ0v) is 15.3. The summed E-state index contributed by atoms with van der Waals surface area (Å²) >= 11 is 0. The van der Waals surface area contributed by atoms with Gasteiger partial charge in [0.05, 0.1) is 12.0 Å². The third-order valence-electron chi connectivity index (χ3n) is 5.06. The molecular formula is C22H24N4O. The zero-order chi connectivity index (χ0) is 18.5. The molecular weight excluding hydrogens is 336 g/mol. The van der Waals surface area contributed by atoms with Gasteiger partial charge in [-0.15, -0.1) is 0 Å². The molecule has 0 spiro atoms. The number of imidazole rings is 1. The number of benzene rings is 2. The van der Waals surface area contributed by atoms with E-state index in [-0.39, 0.29) is 5.91 Å². The lowest BCUT2D eigenvalue weighted by atomic mass is 10.1. The Kier molecular flexibility index (Phi) is 5.19. The van der Waals surface area contributed by atoms with E-state index in [2.05, 4.69) is 27.3 Å². The number of anilines is 1. The summed E-state index contributed by atoms with van der Waals surface area (Å²) in [6.45, 7) is 2.69. The molecule has 0 atom stereocenters. The lowest BCUT2D eigenvalue weighted by Crippen LogP contribution is -2.29. The van der Waals surface area contributed by atoms with Crippen molar-refractivity contribution in [3.8, 4) is 5.69 Å². The minimum Gasteiger partial charge on any atom is -0.372 e. The number of para-hydroxylation sites is 1. The number of hydrogen-bond donors (Lipinski definition) is 1. The van der Waals surface area contributed by atoms with Gasteiger partial charge in [0.2, 0.25) is 0 Å². The van der Waals surface area contributed by atoms with E-state index in [0.29, 0.717) is 12.1 Å². The first kappa shape index (κ1) is 17.3. The average Bonchev–Trinajstić information content (AvgIpc) is 3.28. The van der Waals surface area contributed by atoms with Crippen LogP contribution >= 0.6 is 0 Å². The van der Waals surface area contributed by atoms with Crippen LogP contribution in [0.25, 0.3) is 5.69 Å². The first-order valence-electron chi connectivity index (χ1n) is 9.51. The molecule has 1 fully saturated rings. The van der Waals surface area contributed by atoms with Crippen LogP contribution < -0.4 is 10.2 Å². The van der Waals surface area contributed by atoms with Crippen molar-refractivity contribution in [3.05, 3.63) is 78.4 Å². The molecule has 1 N–H and O–H groups in total. The Bertz CT molecular complexity index is 881. The van der Waals surface area contributed by atoms with Crippen LogP contribution in [0.15, 0.2) is 67.3 Å². The van der Waals surface area contributed by atoms with E-state index in [4.69, 9.17) is 0 Å². The standard InChI is InChI=1S/C22H24N4O/c27-22(18-8-10-20(11-9-18)25-13-4-1-5-14-25)24-16-19-6-2-3-7-21(19)26-15-12-23-17-26/h2-3,6-12,15,17H,1,4-5,13-14,16H2,(H,24,27). The molecule has 0 aliphatic carbocycles. The first-order valence-corrected chi connectivity index (χ1v) is 9.51. The molecule has 0 bridgehead atoms. The van der Waals surface area contributed by atoms with Crippen molar-refractivity contribution in [2.75, 3.05) is 18.0 Å². The van der Waals surface area contributed by atoms with Crippen molar-refractivity contribution in [3.63, 3.8) is 0 Å². The van der Waals surface area contributed by atoms with Gasteiger partial charge in [0, 0.05) is 43.3 Å². The Labute approximate surface area is 159 Å². The smallest absolute Gasteiger partial charge is 0.251 e. The second-order valence-electron chi connectivity index (χ2n) is 6.88. The van der Waals surface area contributed by atoms with Crippen LogP contribution in [0.4, 0.5) is 5.69 Å². The Hall–Kier alpha value is -3.08. The van der Waals surface area contributed by atoms with Crippen LogP contribution in [0.3, 0.4) is 0 Å². The molecule has 27 heavy (non-hydrogen) atoms. The molecule has 4 rings (SSSR count). The number of nitrogens with one attached hydrogen (secondary N) is 1. The summed E-state index contributed by atoms with van der Waals surface area (Å²) < 4.78 is 1.95. The summed E-state index contributed by atoms with van der Waals surface area (Å²) in [5.74, 6) is -0.0550. The van der Waals surface area contributed by atoms with Crippen molar-refractivity contribution in [1.82, 2.24) is 14.9 Å². The average molecular weight is 360 g/mol. The van der Waals surface area contributed by atoms with Crippen molar-refractivity contribution in [1.29, 1.82) is 0 Å². The molecule has 2 heterocycles. The van der Waals surface area contributed by atoms with Crippen LogP contribution in [-0.2, 0) is 6.54 Å². The van der Waals surface area contributed by atoms with Gasteiger partial charge in [-0.1, -0.05) is 18.2 Å². The minimum absolute atomic E-state index is 0.0550. The predicted octanol–water partition coefficient (Wildman–Crippen LogP) is 3.79. The maximum Gasteiger partial charge on any atom is 0.251 e. The molecule has 5 nitrogen and oxygen atoms in total. The monoisotopic (exact) mass is 360 g/mol. The molecule has 0 unspecified atom stereocenters. The van der Waals surface area contributed by atoms with Gasteiger partial charge in [-0.3, -0.25) is 4.79 Å². The first-order chi connectivity index (χ1) is 13.3. The Morgan fingerprint density at radius 3 is 2.52 bits per heavy atom. The van der Waals surface area contributed by atoms with Gasteiger partial charge in [0.25, 0.3) is 5.91 Å². The molecule has 1 amide bonds. The van der Waals surface area contributed by atoms with Gasteiger partial charge in [0.1, 0.15) is 0 Å². The molecule has 138 valence electrons. The van der Waals surface area contributed by atoms with Gasteiger partial charge in [0.15, 0.2) is 0 Å². The number of amides is 1. The Balaban J connectivity index is 1.41. The van der Waals surface area contributed by atoms with Crippen molar-refractivity contribution >= 4 is 11.6 Å². The number of hydrogen-bond acceptors (Lipinski definition) is 3. The van der Waals surface area contributed by atoms with Crippen molar-refractivity contribution < 1.29 is 4.79 Å².